The smallest absolute Gasteiger partial charge is 0.0576 e. The lowest BCUT2D eigenvalue weighted by Gasteiger charge is -2.09. The first-order valence-corrected chi connectivity index (χ1v) is 7.40. The summed E-state index contributed by atoms with van der Waals surface area (Å²) in [4.78, 5) is 0. The fraction of sp³-hybridized carbons (Fsp3) is 0.733. The first-order valence-electron chi connectivity index (χ1n) is 7.40. The molecule has 1 atom stereocenters. The molecule has 0 spiro atoms. The summed E-state index contributed by atoms with van der Waals surface area (Å²) in [5.74, 6) is 0. The highest BCUT2D eigenvalue weighted by molar-refractivity contribution is 5.10. The Balaban J connectivity index is 1.36. The van der Waals surface area contributed by atoms with Gasteiger partial charge in [-0.15, -0.1) is 0 Å². The summed E-state index contributed by atoms with van der Waals surface area (Å²) in [5.41, 5.74) is 1.42. The first kappa shape index (κ1) is 12.2. The predicted octanol–water partition coefficient (Wildman–Crippen LogP) is 2.70. The SMILES string of the molecule is c1cn(CCCC2CCCO2)cc1CNC1CC1. The second-order valence-electron chi connectivity index (χ2n) is 5.69. The van der Waals surface area contributed by atoms with Crippen LogP contribution in [0.4, 0.5) is 0 Å². The summed E-state index contributed by atoms with van der Waals surface area (Å²) in [6.07, 6.45) is 12.7. The Hall–Kier alpha value is -0.800. The standard InChI is InChI=1S/C15H24N2O/c1(3-15-4-2-10-18-15)8-17-9-7-13(12-17)11-16-14-5-6-14/h7,9,12,14-16H,1-6,8,10-11H2. The van der Waals surface area contributed by atoms with Crippen LogP contribution in [0.3, 0.4) is 0 Å². The molecule has 1 N–H and O–H groups in total. The van der Waals surface area contributed by atoms with Gasteiger partial charge in [0.1, 0.15) is 0 Å². The number of nitrogens with zero attached hydrogens (tertiary/aromatic N) is 1. The van der Waals surface area contributed by atoms with E-state index in [1.807, 2.05) is 0 Å². The topological polar surface area (TPSA) is 26.2 Å². The average Bonchev–Trinajstić information content (AvgIpc) is 2.89. The molecule has 18 heavy (non-hydrogen) atoms. The van der Waals surface area contributed by atoms with Crippen molar-refractivity contribution >= 4 is 0 Å². The third kappa shape index (κ3) is 3.59. The lowest BCUT2D eigenvalue weighted by molar-refractivity contribution is 0.101. The number of rotatable bonds is 7. The molecule has 3 rings (SSSR count). The van der Waals surface area contributed by atoms with Gasteiger partial charge in [0, 0.05) is 38.1 Å². The molecule has 1 saturated carbocycles. The molecular weight excluding hydrogens is 224 g/mol. The van der Waals surface area contributed by atoms with Crippen LogP contribution < -0.4 is 5.32 Å². The molecule has 1 unspecified atom stereocenters. The molecule has 1 saturated heterocycles. The van der Waals surface area contributed by atoms with Gasteiger partial charge in [0.15, 0.2) is 0 Å². The second-order valence-corrected chi connectivity index (χ2v) is 5.69. The van der Waals surface area contributed by atoms with Crippen LogP contribution in [-0.4, -0.2) is 23.3 Å². The Bertz CT molecular complexity index is 364. The van der Waals surface area contributed by atoms with Crippen molar-refractivity contribution in [2.75, 3.05) is 6.61 Å². The minimum absolute atomic E-state index is 0.538. The van der Waals surface area contributed by atoms with E-state index in [1.165, 1.54) is 44.1 Å². The molecule has 2 heterocycles. The summed E-state index contributed by atoms with van der Waals surface area (Å²) in [5, 5.41) is 3.55. The van der Waals surface area contributed by atoms with Crippen LogP contribution in [0.2, 0.25) is 0 Å². The first-order chi connectivity index (χ1) is 8.90. The van der Waals surface area contributed by atoms with Gasteiger partial charge in [0.05, 0.1) is 6.10 Å². The van der Waals surface area contributed by atoms with E-state index in [4.69, 9.17) is 4.74 Å². The highest BCUT2D eigenvalue weighted by Gasteiger charge is 2.20. The van der Waals surface area contributed by atoms with E-state index in [2.05, 4.69) is 28.3 Å². The Morgan fingerprint density at radius 2 is 2.28 bits per heavy atom. The Morgan fingerprint density at radius 3 is 3.06 bits per heavy atom. The van der Waals surface area contributed by atoms with Gasteiger partial charge in [-0.25, -0.2) is 0 Å². The van der Waals surface area contributed by atoms with Gasteiger partial charge in [-0.2, -0.15) is 0 Å². The molecule has 1 aromatic heterocycles. The largest absolute Gasteiger partial charge is 0.378 e. The molecule has 0 bridgehead atoms. The zero-order valence-corrected chi connectivity index (χ0v) is 11.1. The van der Waals surface area contributed by atoms with Crippen LogP contribution in [0, 0.1) is 0 Å². The van der Waals surface area contributed by atoms with Crippen molar-refractivity contribution in [2.24, 2.45) is 0 Å². The van der Waals surface area contributed by atoms with E-state index in [0.717, 1.165) is 25.7 Å². The van der Waals surface area contributed by atoms with Gasteiger partial charge in [-0.3, -0.25) is 0 Å². The van der Waals surface area contributed by atoms with Crippen molar-refractivity contribution in [1.82, 2.24) is 9.88 Å². The minimum atomic E-state index is 0.538. The van der Waals surface area contributed by atoms with E-state index in [9.17, 15) is 0 Å². The van der Waals surface area contributed by atoms with Crippen LogP contribution in [0.1, 0.15) is 44.1 Å². The molecule has 2 fully saturated rings. The van der Waals surface area contributed by atoms with E-state index < -0.39 is 0 Å². The number of aryl methyl sites for hydroxylation is 1. The van der Waals surface area contributed by atoms with Gasteiger partial charge in [-0.05, 0) is 50.2 Å². The monoisotopic (exact) mass is 248 g/mol. The van der Waals surface area contributed by atoms with Gasteiger partial charge < -0.3 is 14.6 Å². The lowest BCUT2D eigenvalue weighted by Crippen LogP contribution is -2.14. The molecule has 1 aromatic rings. The van der Waals surface area contributed by atoms with Crippen LogP contribution >= 0.6 is 0 Å². The van der Waals surface area contributed by atoms with Gasteiger partial charge in [-0.1, -0.05) is 0 Å². The van der Waals surface area contributed by atoms with Gasteiger partial charge >= 0.3 is 0 Å². The Kier molecular flexibility index (Phi) is 4.01. The Morgan fingerprint density at radius 1 is 1.33 bits per heavy atom. The number of ether oxygens (including phenoxy) is 1. The summed E-state index contributed by atoms with van der Waals surface area (Å²) in [6.45, 7) is 3.14. The maximum absolute atomic E-state index is 5.65. The molecule has 3 heteroatoms. The van der Waals surface area contributed by atoms with E-state index in [-0.39, 0.29) is 0 Å². The quantitative estimate of drug-likeness (QED) is 0.803. The molecular formula is C15H24N2O. The highest BCUT2D eigenvalue weighted by Crippen LogP contribution is 2.19. The number of aromatic nitrogens is 1. The molecule has 0 amide bonds. The van der Waals surface area contributed by atoms with E-state index in [0.29, 0.717) is 6.10 Å². The van der Waals surface area contributed by atoms with Crippen LogP contribution in [0.5, 0.6) is 0 Å². The predicted molar refractivity (Wildman–Crippen MR) is 72.5 cm³/mol. The summed E-state index contributed by atoms with van der Waals surface area (Å²) in [6, 6.07) is 3.04. The van der Waals surface area contributed by atoms with Crippen LogP contribution in [-0.2, 0) is 17.8 Å². The fourth-order valence-corrected chi connectivity index (χ4v) is 2.66. The Labute approximate surface area is 110 Å². The van der Waals surface area contributed by atoms with Crippen molar-refractivity contribution in [1.29, 1.82) is 0 Å². The molecule has 0 aromatic carbocycles. The van der Waals surface area contributed by atoms with E-state index >= 15 is 0 Å². The summed E-state index contributed by atoms with van der Waals surface area (Å²) >= 11 is 0. The number of nitrogens with one attached hydrogen (secondary N) is 1. The van der Waals surface area contributed by atoms with Crippen molar-refractivity contribution < 1.29 is 4.74 Å². The van der Waals surface area contributed by atoms with Gasteiger partial charge in [0.2, 0.25) is 0 Å². The third-order valence-corrected chi connectivity index (χ3v) is 3.95. The zero-order valence-electron chi connectivity index (χ0n) is 11.1. The summed E-state index contributed by atoms with van der Waals surface area (Å²) < 4.78 is 7.97. The van der Waals surface area contributed by atoms with Gasteiger partial charge in [0.25, 0.3) is 0 Å². The van der Waals surface area contributed by atoms with Crippen molar-refractivity contribution in [3.8, 4) is 0 Å². The van der Waals surface area contributed by atoms with Crippen molar-refractivity contribution in [3.63, 3.8) is 0 Å². The maximum Gasteiger partial charge on any atom is 0.0576 e. The zero-order chi connectivity index (χ0) is 12.2. The summed E-state index contributed by atoms with van der Waals surface area (Å²) in [7, 11) is 0. The molecule has 2 aliphatic rings. The van der Waals surface area contributed by atoms with Crippen LogP contribution in [0.25, 0.3) is 0 Å². The molecule has 0 radical (unpaired) electrons. The minimum Gasteiger partial charge on any atom is -0.378 e. The third-order valence-electron chi connectivity index (χ3n) is 3.95. The fourth-order valence-electron chi connectivity index (χ4n) is 2.66. The van der Waals surface area contributed by atoms with Crippen molar-refractivity contribution in [3.05, 3.63) is 24.0 Å². The lowest BCUT2D eigenvalue weighted by atomic mass is 10.1. The molecule has 100 valence electrons. The van der Waals surface area contributed by atoms with E-state index in [1.54, 1.807) is 0 Å². The number of hydrogen-bond donors (Lipinski definition) is 1. The normalized spacial score (nSPS) is 23.7. The molecule has 1 aliphatic carbocycles. The van der Waals surface area contributed by atoms with Crippen LogP contribution in [0.15, 0.2) is 18.5 Å². The molecule has 3 nitrogen and oxygen atoms in total. The molecule has 1 aliphatic heterocycles. The second kappa shape index (κ2) is 5.89. The van der Waals surface area contributed by atoms with Crippen molar-refractivity contribution in [2.45, 2.75) is 63.8 Å². The highest BCUT2D eigenvalue weighted by atomic mass is 16.5. The number of hydrogen-bond acceptors (Lipinski definition) is 2. The maximum atomic E-state index is 5.65. The average molecular weight is 248 g/mol.